The molecule has 0 bridgehead atoms. The molecule has 0 aromatic rings. The standard InChI is InChI=1S/C13H21/c1-2-4-6-8-10-12-13-11-9-7-5-3-1/h1-2,7-9H,3-6,10-13H2. The third-order valence-corrected chi connectivity index (χ3v) is 2.40. The Labute approximate surface area is 82.7 Å². The Hall–Kier alpha value is -0.520. The molecule has 1 aliphatic carbocycles. The molecule has 0 N–H and O–H groups in total. The Balaban J connectivity index is 2.18. The van der Waals surface area contributed by atoms with Gasteiger partial charge in [-0.25, -0.2) is 0 Å². The van der Waals surface area contributed by atoms with Gasteiger partial charge in [0.15, 0.2) is 0 Å². The third-order valence-electron chi connectivity index (χ3n) is 2.40. The van der Waals surface area contributed by atoms with Gasteiger partial charge in [-0.1, -0.05) is 37.1 Å². The van der Waals surface area contributed by atoms with Crippen LogP contribution >= 0.6 is 0 Å². The maximum atomic E-state index is 2.44. The lowest BCUT2D eigenvalue weighted by molar-refractivity contribution is 0.715. The average Bonchev–Trinajstić information content (AvgIpc) is 2.18. The fourth-order valence-electron chi connectivity index (χ4n) is 1.57. The minimum absolute atomic E-state index is 1.22. The van der Waals surface area contributed by atoms with Crippen LogP contribution in [0, 0.1) is 6.42 Å². The van der Waals surface area contributed by atoms with Crippen LogP contribution in [0.3, 0.4) is 0 Å². The second-order valence-corrected chi connectivity index (χ2v) is 3.67. The minimum atomic E-state index is 1.22. The molecule has 0 aliphatic heterocycles. The zero-order valence-corrected chi connectivity index (χ0v) is 8.54. The van der Waals surface area contributed by atoms with E-state index in [0.29, 0.717) is 0 Å². The first-order valence-electron chi connectivity index (χ1n) is 5.62. The van der Waals surface area contributed by atoms with Crippen LogP contribution in [0.1, 0.15) is 51.4 Å². The van der Waals surface area contributed by atoms with Gasteiger partial charge in [0.05, 0.1) is 0 Å². The molecule has 1 aliphatic rings. The molecule has 73 valence electrons. The zero-order chi connectivity index (χ0) is 9.19. The molecule has 1 rings (SSSR count). The Bertz CT molecular complexity index is 135. The molecule has 0 atom stereocenters. The lowest BCUT2D eigenvalue weighted by Gasteiger charge is -1.97. The summed E-state index contributed by atoms with van der Waals surface area (Å²) in [4.78, 5) is 0. The molecule has 0 heteroatoms. The quantitative estimate of drug-likeness (QED) is 0.480. The van der Waals surface area contributed by atoms with Crippen molar-refractivity contribution in [3.05, 3.63) is 30.7 Å². The molecule has 13 heavy (non-hydrogen) atoms. The molecule has 0 fully saturated rings. The Morgan fingerprint density at radius 2 is 1.00 bits per heavy atom. The molecule has 1 radical (unpaired) electrons. The predicted molar refractivity (Wildman–Crippen MR) is 59.5 cm³/mol. The van der Waals surface area contributed by atoms with E-state index >= 15 is 0 Å². The van der Waals surface area contributed by atoms with E-state index in [-0.39, 0.29) is 0 Å². The van der Waals surface area contributed by atoms with Gasteiger partial charge in [0.2, 0.25) is 0 Å². The van der Waals surface area contributed by atoms with Crippen molar-refractivity contribution in [3.8, 4) is 0 Å². The Kier molecular flexibility index (Phi) is 6.58. The lowest BCUT2D eigenvalue weighted by Crippen LogP contribution is -1.78. The highest BCUT2D eigenvalue weighted by atomic mass is 14.0. The Morgan fingerprint density at radius 1 is 0.462 bits per heavy atom. The van der Waals surface area contributed by atoms with Gasteiger partial charge in [-0.05, 0) is 44.9 Å². The molecule has 0 saturated carbocycles. The van der Waals surface area contributed by atoms with Crippen LogP contribution in [-0.4, -0.2) is 0 Å². The first-order chi connectivity index (χ1) is 6.50. The molecule has 0 aromatic carbocycles. The topological polar surface area (TPSA) is 0 Å². The van der Waals surface area contributed by atoms with Crippen LogP contribution in [0.5, 0.6) is 0 Å². The normalized spacial score (nSPS) is 21.5. The summed E-state index contributed by atoms with van der Waals surface area (Å²) in [6.45, 7) is 0. The van der Waals surface area contributed by atoms with E-state index in [2.05, 4.69) is 30.7 Å². The number of rotatable bonds is 0. The molecule has 0 unspecified atom stereocenters. The van der Waals surface area contributed by atoms with Gasteiger partial charge in [0.25, 0.3) is 0 Å². The van der Waals surface area contributed by atoms with Crippen molar-refractivity contribution in [2.45, 2.75) is 51.4 Å². The summed E-state index contributed by atoms with van der Waals surface area (Å²) in [5.74, 6) is 0. The van der Waals surface area contributed by atoms with Gasteiger partial charge in [0, 0.05) is 0 Å². The summed E-state index contributed by atoms with van der Waals surface area (Å²) in [5.41, 5.74) is 0. The van der Waals surface area contributed by atoms with Crippen LogP contribution < -0.4 is 0 Å². The van der Waals surface area contributed by atoms with E-state index < -0.39 is 0 Å². The highest BCUT2D eigenvalue weighted by molar-refractivity contribution is 4.89. The first-order valence-corrected chi connectivity index (χ1v) is 5.62. The van der Waals surface area contributed by atoms with Crippen LogP contribution in [0.2, 0.25) is 0 Å². The maximum absolute atomic E-state index is 2.44. The van der Waals surface area contributed by atoms with Gasteiger partial charge >= 0.3 is 0 Å². The van der Waals surface area contributed by atoms with Gasteiger partial charge in [-0.15, -0.1) is 0 Å². The predicted octanol–water partition coefficient (Wildman–Crippen LogP) is 4.44. The maximum Gasteiger partial charge on any atom is -0.0316 e. The van der Waals surface area contributed by atoms with Gasteiger partial charge in [-0.3, -0.25) is 0 Å². The number of hydrogen-bond donors (Lipinski definition) is 0. The molecular weight excluding hydrogens is 156 g/mol. The van der Waals surface area contributed by atoms with Crippen LogP contribution in [0.15, 0.2) is 24.3 Å². The van der Waals surface area contributed by atoms with E-state index in [0.717, 1.165) is 0 Å². The van der Waals surface area contributed by atoms with Crippen molar-refractivity contribution in [1.82, 2.24) is 0 Å². The summed E-state index contributed by atoms with van der Waals surface area (Å²) in [7, 11) is 0. The SMILES string of the molecule is [CH]1CCC=CCCC=CCCCC1. The summed E-state index contributed by atoms with van der Waals surface area (Å²) in [6, 6.07) is 0. The van der Waals surface area contributed by atoms with E-state index in [9.17, 15) is 0 Å². The monoisotopic (exact) mass is 177 g/mol. The van der Waals surface area contributed by atoms with Crippen molar-refractivity contribution in [1.29, 1.82) is 0 Å². The molecule has 0 saturated heterocycles. The third kappa shape index (κ3) is 6.62. The zero-order valence-electron chi connectivity index (χ0n) is 8.54. The van der Waals surface area contributed by atoms with E-state index in [1.54, 1.807) is 0 Å². The van der Waals surface area contributed by atoms with Crippen molar-refractivity contribution >= 4 is 0 Å². The lowest BCUT2D eigenvalue weighted by atomic mass is 10.1. The average molecular weight is 177 g/mol. The highest BCUT2D eigenvalue weighted by Crippen LogP contribution is 2.08. The second-order valence-electron chi connectivity index (χ2n) is 3.67. The molecule has 0 aromatic heterocycles. The summed E-state index contributed by atoms with van der Waals surface area (Å²) < 4.78 is 0. The van der Waals surface area contributed by atoms with Crippen molar-refractivity contribution in [3.63, 3.8) is 0 Å². The summed E-state index contributed by atoms with van der Waals surface area (Å²) >= 11 is 0. The van der Waals surface area contributed by atoms with Crippen molar-refractivity contribution < 1.29 is 0 Å². The van der Waals surface area contributed by atoms with Crippen LogP contribution in [-0.2, 0) is 0 Å². The smallest absolute Gasteiger partial charge is 0.0316 e. The van der Waals surface area contributed by atoms with E-state index in [4.69, 9.17) is 0 Å². The number of hydrogen-bond acceptors (Lipinski definition) is 0. The minimum Gasteiger partial charge on any atom is -0.0885 e. The van der Waals surface area contributed by atoms with Gasteiger partial charge < -0.3 is 0 Å². The molecule has 0 spiro atoms. The Morgan fingerprint density at radius 3 is 1.77 bits per heavy atom. The molecule has 0 nitrogen and oxygen atoms in total. The largest absolute Gasteiger partial charge is 0.0885 e. The van der Waals surface area contributed by atoms with Crippen molar-refractivity contribution in [2.24, 2.45) is 0 Å². The fourth-order valence-corrected chi connectivity index (χ4v) is 1.57. The molecular formula is C13H21. The molecule has 0 heterocycles. The number of allylic oxidation sites excluding steroid dienone is 4. The fraction of sp³-hybridized carbons (Fsp3) is 0.615. The van der Waals surface area contributed by atoms with Gasteiger partial charge in [0.1, 0.15) is 0 Å². The van der Waals surface area contributed by atoms with Crippen LogP contribution in [0.4, 0.5) is 0 Å². The van der Waals surface area contributed by atoms with Crippen molar-refractivity contribution in [2.75, 3.05) is 0 Å². The van der Waals surface area contributed by atoms with E-state index in [1.165, 1.54) is 51.4 Å². The molecule has 0 amide bonds. The van der Waals surface area contributed by atoms with Gasteiger partial charge in [-0.2, -0.15) is 0 Å². The van der Waals surface area contributed by atoms with E-state index in [1.807, 2.05) is 0 Å². The summed E-state index contributed by atoms with van der Waals surface area (Å²) in [5, 5.41) is 0. The second kappa shape index (κ2) is 8.10. The van der Waals surface area contributed by atoms with Crippen LogP contribution in [0.25, 0.3) is 0 Å². The summed E-state index contributed by atoms with van der Waals surface area (Å²) in [6.07, 6.45) is 22.0. The first kappa shape index (κ1) is 10.6. The highest BCUT2D eigenvalue weighted by Gasteiger charge is 1.90.